The van der Waals surface area contributed by atoms with Crippen LogP contribution in [-0.2, 0) is 0 Å². The lowest BCUT2D eigenvalue weighted by Gasteiger charge is -2.01. The van der Waals surface area contributed by atoms with Crippen molar-refractivity contribution < 1.29 is 4.92 Å². The monoisotopic (exact) mass is 222 g/mol. The summed E-state index contributed by atoms with van der Waals surface area (Å²) in [6, 6.07) is 6.68. The van der Waals surface area contributed by atoms with Gasteiger partial charge in [0.1, 0.15) is 10.7 Å². The molecule has 0 unspecified atom stereocenters. The van der Waals surface area contributed by atoms with Crippen LogP contribution in [-0.4, -0.2) is 9.91 Å². The molecule has 0 radical (unpaired) electrons. The lowest BCUT2D eigenvalue weighted by atomic mass is 10.1. The molecule has 1 aromatic carbocycles. The maximum atomic E-state index is 10.8. The third-order valence-corrected chi connectivity index (χ3v) is 2.29. The first kappa shape index (κ1) is 9.86. The molecular weight excluding hydrogens is 216 g/mol. The Labute approximate surface area is 90.7 Å². The van der Waals surface area contributed by atoms with Gasteiger partial charge in [-0.2, -0.15) is 0 Å². The predicted molar refractivity (Wildman–Crippen MR) is 58.1 cm³/mol. The number of aromatic nitrogens is 1. The van der Waals surface area contributed by atoms with E-state index in [1.54, 1.807) is 19.1 Å². The van der Waals surface area contributed by atoms with Gasteiger partial charge in [-0.1, -0.05) is 11.6 Å². The fraction of sp³-hybridized carbons (Fsp3) is 0.100. The first-order chi connectivity index (χ1) is 7.08. The molecule has 4 nitrogen and oxygen atoms in total. The second-order valence-electron chi connectivity index (χ2n) is 3.25. The molecule has 2 aromatic rings. The lowest BCUT2D eigenvalue weighted by Crippen LogP contribution is -1.92. The second kappa shape index (κ2) is 3.47. The highest BCUT2D eigenvalue weighted by molar-refractivity contribution is 6.29. The summed E-state index contributed by atoms with van der Waals surface area (Å²) in [6.07, 6.45) is 0. The van der Waals surface area contributed by atoms with Gasteiger partial charge in [-0.15, -0.1) is 0 Å². The Balaban J connectivity index is 2.87. The number of non-ortho nitro benzene ring substituents is 1. The Morgan fingerprint density at radius 2 is 2.13 bits per heavy atom. The first-order valence-electron chi connectivity index (χ1n) is 4.29. The molecular formula is C10H7ClN2O2. The van der Waals surface area contributed by atoms with Crippen LogP contribution < -0.4 is 0 Å². The molecule has 0 saturated carbocycles. The molecule has 0 spiro atoms. The van der Waals surface area contributed by atoms with Gasteiger partial charge < -0.3 is 0 Å². The van der Waals surface area contributed by atoms with E-state index in [1.165, 1.54) is 6.07 Å². The van der Waals surface area contributed by atoms with E-state index in [4.69, 9.17) is 11.6 Å². The van der Waals surface area contributed by atoms with Gasteiger partial charge in [-0.25, -0.2) is 4.98 Å². The summed E-state index contributed by atoms with van der Waals surface area (Å²) in [7, 11) is 0. The van der Waals surface area contributed by atoms with Crippen molar-refractivity contribution >= 4 is 28.2 Å². The number of pyridine rings is 1. The zero-order valence-corrected chi connectivity index (χ0v) is 8.65. The molecule has 0 aliphatic rings. The molecule has 0 aliphatic carbocycles. The Bertz CT molecular complexity index is 554. The third-order valence-electron chi connectivity index (χ3n) is 2.08. The van der Waals surface area contributed by atoms with Crippen LogP contribution in [0.2, 0.25) is 5.15 Å². The van der Waals surface area contributed by atoms with E-state index in [-0.39, 0.29) is 10.8 Å². The van der Waals surface area contributed by atoms with E-state index in [2.05, 4.69) is 4.98 Å². The molecule has 2 rings (SSSR count). The summed E-state index contributed by atoms with van der Waals surface area (Å²) in [5.41, 5.74) is 1.16. The van der Waals surface area contributed by atoms with E-state index in [0.29, 0.717) is 5.52 Å². The second-order valence-corrected chi connectivity index (χ2v) is 3.63. The fourth-order valence-electron chi connectivity index (χ4n) is 1.48. The number of benzene rings is 1. The highest BCUT2D eigenvalue weighted by Crippen LogP contribution is 2.26. The van der Waals surface area contributed by atoms with Crippen LogP contribution in [0, 0.1) is 17.0 Å². The minimum absolute atomic E-state index is 0.00694. The maximum Gasteiger partial charge on any atom is 0.295 e. The standard InChI is InChI=1S/C10H7ClN2O2/c1-6-4-7-2-3-9(11)12-10(7)8(5-6)13(14)15/h2-5H,1H3. The largest absolute Gasteiger partial charge is 0.295 e. The number of fused-ring (bicyclic) bond motifs is 1. The lowest BCUT2D eigenvalue weighted by molar-refractivity contribution is -0.383. The zero-order valence-electron chi connectivity index (χ0n) is 7.90. The number of hydrogen-bond acceptors (Lipinski definition) is 3. The van der Waals surface area contributed by atoms with E-state index in [9.17, 15) is 10.1 Å². The Morgan fingerprint density at radius 1 is 1.40 bits per heavy atom. The van der Waals surface area contributed by atoms with Gasteiger partial charge in [-0.05, 0) is 30.7 Å². The average Bonchev–Trinajstić information content (AvgIpc) is 2.17. The number of nitrogens with zero attached hydrogens (tertiary/aromatic N) is 2. The molecule has 76 valence electrons. The van der Waals surface area contributed by atoms with Crippen molar-refractivity contribution in [1.29, 1.82) is 0 Å². The topological polar surface area (TPSA) is 56.0 Å². The Morgan fingerprint density at radius 3 is 2.80 bits per heavy atom. The summed E-state index contributed by atoms with van der Waals surface area (Å²) in [5.74, 6) is 0. The normalized spacial score (nSPS) is 10.5. The molecule has 5 heteroatoms. The number of hydrogen-bond donors (Lipinski definition) is 0. The minimum atomic E-state index is -0.446. The Hall–Kier alpha value is -1.68. The van der Waals surface area contributed by atoms with Gasteiger partial charge in [0.25, 0.3) is 5.69 Å². The van der Waals surface area contributed by atoms with Gasteiger partial charge in [0.2, 0.25) is 0 Å². The van der Waals surface area contributed by atoms with E-state index in [1.807, 2.05) is 6.07 Å². The van der Waals surface area contributed by atoms with Crippen molar-refractivity contribution in [3.63, 3.8) is 0 Å². The van der Waals surface area contributed by atoms with Crippen molar-refractivity contribution in [1.82, 2.24) is 4.98 Å². The smallest absolute Gasteiger partial charge is 0.258 e. The molecule has 0 aliphatic heterocycles. The van der Waals surface area contributed by atoms with Crippen LogP contribution in [0.15, 0.2) is 24.3 Å². The van der Waals surface area contributed by atoms with Crippen LogP contribution in [0.3, 0.4) is 0 Å². The highest BCUT2D eigenvalue weighted by atomic mass is 35.5. The summed E-state index contributed by atoms with van der Waals surface area (Å²) in [6.45, 7) is 1.81. The van der Waals surface area contributed by atoms with Crippen LogP contribution >= 0.6 is 11.6 Å². The van der Waals surface area contributed by atoms with Crippen molar-refractivity contribution in [2.24, 2.45) is 0 Å². The van der Waals surface area contributed by atoms with Crippen LogP contribution in [0.1, 0.15) is 5.56 Å². The molecule has 0 amide bonds. The summed E-state index contributed by atoms with van der Waals surface area (Å²) in [5, 5.41) is 11.8. The van der Waals surface area contributed by atoms with Crippen molar-refractivity contribution in [3.05, 3.63) is 45.1 Å². The van der Waals surface area contributed by atoms with Gasteiger partial charge >= 0.3 is 0 Å². The molecule has 0 fully saturated rings. The number of aryl methyl sites for hydroxylation is 1. The van der Waals surface area contributed by atoms with Crippen molar-refractivity contribution in [2.45, 2.75) is 6.92 Å². The maximum absolute atomic E-state index is 10.8. The highest BCUT2D eigenvalue weighted by Gasteiger charge is 2.14. The quantitative estimate of drug-likeness (QED) is 0.423. The molecule has 1 aromatic heterocycles. The van der Waals surface area contributed by atoms with Crippen LogP contribution in [0.25, 0.3) is 10.9 Å². The van der Waals surface area contributed by atoms with E-state index in [0.717, 1.165) is 10.9 Å². The van der Waals surface area contributed by atoms with E-state index >= 15 is 0 Å². The molecule has 0 atom stereocenters. The summed E-state index contributed by atoms with van der Waals surface area (Å²) < 4.78 is 0. The molecule has 15 heavy (non-hydrogen) atoms. The fourth-order valence-corrected chi connectivity index (χ4v) is 1.63. The van der Waals surface area contributed by atoms with Gasteiger partial charge in [0.15, 0.2) is 0 Å². The average molecular weight is 223 g/mol. The summed E-state index contributed by atoms with van der Waals surface area (Å²) >= 11 is 5.70. The molecule has 1 heterocycles. The molecule has 0 bridgehead atoms. The van der Waals surface area contributed by atoms with Crippen molar-refractivity contribution in [2.75, 3.05) is 0 Å². The number of halogens is 1. The Kier molecular flexibility index (Phi) is 2.28. The van der Waals surface area contributed by atoms with Gasteiger partial charge in [0.05, 0.1) is 4.92 Å². The summed E-state index contributed by atoms with van der Waals surface area (Å²) in [4.78, 5) is 14.3. The molecule has 0 N–H and O–H groups in total. The number of nitro groups is 1. The van der Waals surface area contributed by atoms with Gasteiger partial charge in [-0.3, -0.25) is 10.1 Å². The SMILES string of the molecule is Cc1cc([N+](=O)[O-])c2nc(Cl)ccc2c1. The zero-order chi connectivity index (χ0) is 11.0. The van der Waals surface area contributed by atoms with Crippen molar-refractivity contribution in [3.8, 4) is 0 Å². The third kappa shape index (κ3) is 1.76. The van der Waals surface area contributed by atoms with Crippen LogP contribution in [0.4, 0.5) is 5.69 Å². The van der Waals surface area contributed by atoms with Crippen LogP contribution in [0.5, 0.6) is 0 Å². The van der Waals surface area contributed by atoms with E-state index < -0.39 is 4.92 Å². The number of rotatable bonds is 1. The van der Waals surface area contributed by atoms with Gasteiger partial charge in [0, 0.05) is 11.5 Å². The predicted octanol–water partition coefficient (Wildman–Crippen LogP) is 3.10. The number of nitro benzene ring substituents is 1. The molecule has 0 saturated heterocycles. The first-order valence-corrected chi connectivity index (χ1v) is 4.67. The minimum Gasteiger partial charge on any atom is -0.258 e.